The molecule has 7 heteroatoms. The van der Waals surface area contributed by atoms with E-state index in [1.165, 1.54) is 12.8 Å². The molecular formula is C26H29N3O4. The average molecular weight is 448 g/mol. The lowest BCUT2D eigenvalue weighted by atomic mass is 9.56. The molecule has 2 atom stereocenters. The van der Waals surface area contributed by atoms with Gasteiger partial charge < -0.3 is 19.7 Å². The van der Waals surface area contributed by atoms with Crippen LogP contribution in [0.25, 0.3) is 10.9 Å². The summed E-state index contributed by atoms with van der Waals surface area (Å²) in [6, 6.07) is 13.3. The zero-order valence-corrected chi connectivity index (χ0v) is 18.8. The number of hydrogen-bond donors (Lipinski definition) is 2. The molecular weight excluding hydrogens is 418 g/mol. The zero-order valence-electron chi connectivity index (χ0n) is 18.8. The molecule has 0 bridgehead atoms. The molecule has 0 radical (unpaired) electrons. The highest BCUT2D eigenvalue weighted by Crippen LogP contribution is 2.53. The second kappa shape index (κ2) is 7.30. The van der Waals surface area contributed by atoms with Crippen LogP contribution in [-0.4, -0.2) is 52.3 Å². The predicted molar refractivity (Wildman–Crippen MR) is 126 cm³/mol. The number of fused-ring (bicyclic) bond motifs is 4. The van der Waals surface area contributed by atoms with Gasteiger partial charge in [0.1, 0.15) is 5.75 Å². The zero-order chi connectivity index (χ0) is 22.8. The number of H-pyrrole nitrogens is 1. The number of hydrogen-bond acceptors (Lipinski definition) is 5. The average Bonchev–Trinajstić information content (AvgIpc) is 3.56. The number of aliphatic hydroxyl groups is 1. The summed E-state index contributed by atoms with van der Waals surface area (Å²) < 4.78 is 5.52. The third kappa shape index (κ3) is 3.17. The van der Waals surface area contributed by atoms with Crippen molar-refractivity contribution in [1.29, 1.82) is 0 Å². The number of aromatic amines is 1. The van der Waals surface area contributed by atoms with Crippen LogP contribution >= 0.6 is 0 Å². The quantitative estimate of drug-likeness (QED) is 0.456. The molecule has 0 spiro atoms. The molecule has 2 N–H and O–H groups in total. The van der Waals surface area contributed by atoms with E-state index in [4.69, 9.17) is 4.74 Å². The third-order valence-electron chi connectivity index (χ3n) is 8.20. The van der Waals surface area contributed by atoms with E-state index < -0.39 is 11.0 Å². The molecule has 172 valence electrons. The maximum Gasteiger partial charge on any atom is 0.279 e. The lowest BCUT2D eigenvalue weighted by Crippen LogP contribution is -2.66. The van der Waals surface area contributed by atoms with Crippen molar-refractivity contribution in [3.8, 4) is 5.75 Å². The largest absolute Gasteiger partial charge is 0.497 e. The Hall–Kier alpha value is -2.90. The van der Waals surface area contributed by atoms with Gasteiger partial charge in [0.25, 0.3) is 5.69 Å². The van der Waals surface area contributed by atoms with Crippen LogP contribution in [0.1, 0.15) is 36.1 Å². The minimum Gasteiger partial charge on any atom is -0.497 e. The van der Waals surface area contributed by atoms with Crippen molar-refractivity contribution < 1.29 is 14.8 Å². The van der Waals surface area contributed by atoms with Gasteiger partial charge in [-0.2, -0.15) is 0 Å². The lowest BCUT2D eigenvalue weighted by Gasteiger charge is -2.56. The molecule has 2 unspecified atom stereocenters. The van der Waals surface area contributed by atoms with Gasteiger partial charge in [0, 0.05) is 43.1 Å². The van der Waals surface area contributed by atoms with E-state index in [0.717, 1.165) is 53.5 Å². The van der Waals surface area contributed by atoms with Crippen LogP contribution in [0.2, 0.25) is 0 Å². The number of nitrogens with zero attached hydrogens (tertiary/aromatic N) is 2. The van der Waals surface area contributed by atoms with Gasteiger partial charge >= 0.3 is 0 Å². The number of nitrogens with one attached hydrogen (secondary N) is 1. The number of piperidine rings is 1. The summed E-state index contributed by atoms with van der Waals surface area (Å²) in [5, 5.41) is 24.9. The van der Waals surface area contributed by atoms with E-state index in [2.05, 4.69) is 22.0 Å². The summed E-state index contributed by atoms with van der Waals surface area (Å²) in [6.07, 6.45) is 4.39. The Bertz CT molecular complexity index is 1250. The molecule has 1 aliphatic heterocycles. The maximum atomic E-state index is 12.5. The fourth-order valence-corrected chi connectivity index (χ4v) is 6.36. The number of β-amino-alcohol motifs (C(OH)–C–C–N with tert-alkyl or cyclic N) is 1. The normalized spacial score (nSPS) is 27.2. The Morgan fingerprint density at radius 1 is 1.24 bits per heavy atom. The van der Waals surface area contributed by atoms with Crippen LogP contribution in [0.15, 0.2) is 42.5 Å². The number of nitro benzene ring substituents is 1. The van der Waals surface area contributed by atoms with Gasteiger partial charge in [-0.15, -0.1) is 0 Å². The minimum atomic E-state index is -1.03. The number of rotatable bonds is 5. The molecule has 2 aromatic carbocycles. The third-order valence-corrected chi connectivity index (χ3v) is 8.20. The van der Waals surface area contributed by atoms with Crippen molar-refractivity contribution >= 4 is 16.6 Å². The Morgan fingerprint density at radius 3 is 2.82 bits per heavy atom. The standard InChI is InChI=1S/C26H29N3O4/c1-33-19-5-2-4-18(12-19)25-10-11-28(15-17-8-9-17)16-26(25,30)13-20-22(14-25)27-21-6-3-7-23(24(20)21)29(31)32/h2-7,12,17,27,30H,8-11,13-16H2,1H3. The van der Waals surface area contributed by atoms with Gasteiger partial charge in [-0.05, 0) is 61.1 Å². The van der Waals surface area contributed by atoms with Gasteiger partial charge in [-0.1, -0.05) is 18.2 Å². The molecule has 1 aromatic heterocycles. The van der Waals surface area contributed by atoms with E-state index in [-0.39, 0.29) is 10.6 Å². The first kappa shape index (κ1) is 20.7. The molecule has 3 aromatic rings. The number of nitro groups is 1. The summed E-state index contributed by atoms with van der Waals surface area (Å²) in [5.41, 5.74) is 2.34. The fraction of sp³-hybridized carbons (Fsp3) is 0.462. The lowest BCUT2D eigenvalue weighted by molar-refractivity contribution is -0.383. The van der Waals surface area contributed by atoms with Crippen molar-refractivity contribution in [2.45, 2.75) is 43.1 Å². The number of ether oxygens (including phenoxy) is 1. The van der Waals surface area contributed by atoms with E-state index in [0.29, 0.717) is 24.8 Å². The summed E-state index contributed by atoms with van der Waals surface area (Å²) in [5.74, 6) is 1.52. The van der Waals surface area contributed by atoms with Crippen LogP contribution in [0.4, 0.5) is 5.69 Å². The first-order chi connectivity index (χ1) is 15.9. The van der Waals surface area contributed by atoms with Crippen LogP contribution in [0.3, 0.4) is 0 Å². The maximum absolute atomic E-state index is 12.5. The molecule has 1 saturated heterocycles. The summed E-state index contributed by atoms with van der Waals surface area (Å²) in [4.78, 5) is 17.4. The monoisotopic (exact) mass is 447 g/mol. The number of non-ortho nitro benzene ring substituents is 1. The molecule has 33 heavy (non-hydrogen) atoms. The fourth-order valence-electron chi connectivity index (χ4n) is 6.36. The molecule has 0 amide bonds. The second-order valence-corrected chi connectivity index (χ2v) is 10.2. The van der Waals surface area contributed by atoms with Gasteiger partial charge in [0.05, 0.1) is 28.5 Å². The Labute approximate surface area is 192 Å². The Balaban J connectivity index is 1.52. The van der Waals surface area contributed by atoms with E-state index in [1.54, 1.807) is 19.2 Å². The molecule has 1 saturated carbocycles. The van der Waals surface area contributed by atoms with E-state index >= 15 is 0 Å². The van der Waals surface area contributed by atoms with E-state index in [9.17, 15) is 15.2 Å². The first-order valence-corrected chi connectivity index (χ1v) is 11.8. The summed E-state index contributed by atoms with van der Waals surface area (Å²) in [7, 11) is 1.66. The summed E-state index contributed by atoms with van der Waals surface area (Å²) >= 11 is 0. The smallest absolute Gasteiger partial charge is 0.279 e. The Kier molecular flexibility index (Phi) is 4.58. The van der Waals surface area contributed by atoms with Crippen LogP contribution in [0, 0.1) is 16.0 Å². The van der Waals surface area contributed by atoms with Crippen molar-refractivity contribution in [3.05, 3.63) is 69.4 Å². The predicted octanol–water partition coefficient (Wildman–Crippen LogP) is 3.97. The summed E-state index contributed by atoms with van der Waals surface area (Å²) in [6.45, 7) is 2.54. The van der Waals surface area contributed by atoms with Gasteiger partial charge in [0.2, 0.25) is 0 Å². The van der Waals surface area contributed by atoms with Crippen molar-refractivity contribution in [2.24, 2.45) is 5.92 Å². The van der Waals surface area contributed by atoms with Crippen LogP contribution < -0.4 is 4.74 Å². The first-order valence-electron chi connectivity index (χ1n) is 11.8. The van der Waals surface area contributed by atoms with Gasteiger partial charge in [-0.3, -0.25) is 10.1 Å². The second-order valence-electron chi connectivity index (χ2n) is 10.2. The minimum absolute atomic E-state index is 0.105. The Morgan fingerprint density at radius 2 is 2.06 bits per heavy atom. The molecule has 6 rings (SSSR count). The van der Waals surface area contributed by atoms with E-state index in [1.807, 2.05) is 18.2 Å². The van der Waals surface area contributed by atoms with Crippen molar-refractivity contribution in [1.82, 2.24) is 9.88 Å². The molecule has 3 aliphatic rings. The highest BCUT2D eigenvalue weighted by atomic mass is 16.6. The number of likely N-dealkylation sites (tertiary alicyclic amines) is 1. The number of methoxy groups -OCH3 is 1. The van der Waals surface area contributed by atoms with Gasteiger partial charge in [0.15, 0.2) is 0 Å². The topological polar surface area (TPSA) is 91.6 Å². The highest BCUT2D eigenvalue weighted by molar-refractivity contribution is 5.93. The number of aromatic nitrogens is 1. The van der Waals surface area contributed by atoms with Gasteiger partial charge in [-0.25, -0.2) is 0 Å². The SMILES string of the molecule is COc1cccc(C23CCN(CC4CC4)CC2(O)Cc2c([nH]c4cccc([N+](=O)[O-])c24)C3)c1. The number of benzene rings is 2. The molecule has 2 aliphatic carbocycles. The van der Waals surface area contributed by atoms with Crippen molar-refractivity contribution in [3.63, 3.8) is 0 Å². The van der Waals surface area contributed by atoms with Crippen molar-refractivity contribution in [2.75, 3.05) is 26.7 Å². The van der Waals surface area contributed by atoms with Crippen LogP contribution in [-0.2, 0) is 18.3 Å². The molecule has 7 nitrogen and oxygen atoms in total. The highest BCUT2D eigenvalue weighted by Gasteiger charge is 2.58. The molecule has 2 fully saturated rings. The van der Waals surface area contributed by atoms with Crippen LogP contribution in [0.5, 0.6) is 5.75 Å². The molecule has 2 heterocycles.